The summed E-state index contributed by atoms with van der Waals surface area (Å²) in [7, 11) is 0. The van der Waals surface area contributed by atoms with Gasteiger partial charge in [-0.15, -0.1) is 0 Å². The van der Waals surface area contributed by atoms with Crippen molar-refractivity contribution in [2.45, 2.75) is 6.42 Å². The molecule has 9 aromatic rings. The molecule has 0 aliphatic heterocycles. The lowest BCUT2D eigenvalue weighted by Crippen LogP contribution is -2.02. The van der Waals surface area contributed by atoms with Gasteiger partial charge in [-0.25, -0.2) is 15.0 Å². The normalized spacial score (nSPS) is 12.1. The van der Waals surface area contributed by atoms with E-state index in [0.717, 1.165) is 76.9 Å². The lowest BCUT2D eigenvalue weighted by atomic mass is 9.97. The summed E-state index contributed by atoms with van der Waals surface area (Å²) >= 11 is 0. The fourth-order valence-corrected chi connectivity index (χ4v) is 6.64. The molecule has 0 aliphatic carbocycles. The molecule has 0 unspecified atom stereocenters. The van der Waals surface area contributed by atoms with Gasteiger partial charge in [0.25, 0.3) is 0 Å². The Bertz CT molecular complexity index is 2780. The van der Waals surface area contributed by atoms with Gasteiger partial charge in [0.05, 0.1) is 0 Å². The van der Waals surface area contributed by atoms with E-state index in [9.17, 15) is 0 Å². The van der Waals surface area contributed by atoms with E-state index in [4.69, 9.17) is 23.8 Å². The fourth-order valence-electron chi connectivity index (χ4n) is 6.64. The summed E-state index contributed by atoms with van der Waals surface area (Å²) in [5, 5.41) is 6.36. The largest absolute Gasteiger partial charge is 0.456 e. The zero-order valence-corrected chi connectivity index (χ0v) is 26.5. The minimum atomic E-state index is 0.584. The van der Waals surface area contributed by atoms with Crippen LogP contribution in [-0.4, -0.2) is 15.0 Å². The molecule has 0 saturated heterocycles. The summed E-state index contributed by atoms with van der Waals surface area (Å²) in [6.07, 6.45) is 10.5. The first-order valence-corrected chi connectivity index (χ1v) is 16.3. The number of furan rings is 2. The maximum Gasteiger partial charge on any atom is 0.165 e. The van der Waals surface area contributed by atoms with E-state index in [0.29, 0.717) is 23.9 Å². The highest BCUT2D eigenvalue weighted by molar-refractivity contribution is 6.12. The van der Waals surface area contributed by atoms with E-state index >= 15 is 0 Å². The number of aromatic nitrogens is 3. The Kier molecular flexibility index (Phi) is 6.95. The molecule has 3 heterocycles. The molecule has 3 aromatic heterocycles. The molecule has 0 saturated carbocycles. The van der Waals surface area contributed by atoms with E-state index in [1.54, 1.807) is 6.08 Å². The highest BCUT2D eigenvalue weighted by Gasteiger charge is 2.21. The van der Waals surface area contributed by atoms with Crippen molar-refractivity contribution in [1.29, 1.82) is 0 Å². The zero-order chi connectivity index (χ0) is 32.7. The van der Waals surface area contributed by atoms with E-state index in [2.05, 4.69) is 79.4 Å². The second kappa shape index (κ2) is 11.9. The molecule has 0 fully saturated rings. The second-order valence-electron chi connectivity index (χ2n) is 12.0. The lowest BCUT2D eigenvalue weighted by Gasteiger charge is -2.13. The standard InChI is InChI=1S/C44H29N3O2/c1-2-3-4-5-6-14-29-22-25-39-41(34-17-10-12-19-37(34)49-39)40(29)44-46-42(31-21-20-28-13-7-8-15-30(28)26-31)45-43(47-44)32-23-24-38-35(27-32)33-16-9-11-18-36(33)48-38/h2-13,15-27H,1,14H2/b4-3-,6-5-. The van der Waals surface area contributed by atoms with E-state index in [1.807, 2.05) is 72.8 Å². The maximum atomic E-state index is 6.36. The molecular formula is C44H29N3O2. The molecule has 0 N–H and O–H groups in total. The summed E-state index contributed by atoms with van der Waals surface area (Å²) in [5.74, 6) is 1.77. The van der Waals surface area contributed by atoms with Gasteiger partial charge < -0.3 is 8.83 Å². The summed E-state index contributed by atoms with van der Waals surface area (Å²) in [6.45, 7) is 3.78. The number of rotatable bonds is 7. The summed E-state index contributed by atoms with van der Waals surface area (Å²) in [6, 6.07) is 41.2. The van der Waals surface area contributed by atoms with Crippen LogP contribution in [0, 0.1) is 0 Å². The third-order valence-corrected chi connectivity index (χ3v) is 8.96. The van der Waals surface area contributed by atoms with E-state index in [-0.39, 0.29) is 0 Å². The van der Waals surface area contributed by atoms with Crippen LogP contribution in [0.5, 0.6) is 0 Å². The smallest absolute Gasteiger partial charge is 0.165 e. The van der Waals surface area contributed by atoms with Crippen LogP contribution in [0.2, 0.25) is 0 Å². The van der Waals surface area contributed by atoms with Gasteiger partial charge in [0.15, 0.2) is 17.5 Å². The first-order valence-electron chi connectivity index (χ1n) is 16.3. The Hall–Kier alpha value is -6.59. The maximum absolute atomic E-state index is 6.36. The molecule has 5 heteroatoms. The Balaban J connectivity index is 1.32. The molecule has 0 aliphatic rings. The first-order chi connectivity index (χ1) is 24.2. The number of allylic oxidation sites excluding steroid dienone is 5. The third kappa shape index (κ3) is 5.09. The van der Waals surface area contributed by atoms with Gasteiger partial charge in [0, 0.05) is 38.2 Å². The topological polar surface area (TPSA) is 65.0 Å². The molecular weight excluding hydrogens is 603 g/mol. The molecule has 0 amide bonds. The summed E-state index contributed by atoms with van der Waals surface area (Å²) in [4.78, 5) is 15.6. The number of benzene rings is 6. The van der Waals surface area contributed by atoms with Crippen LogP contribution >= 0.6 is 0 Å². The van der Waals surface area contributed by atoms with Crippen molar-refractivity contribution in [3.63, 3.8) is 0 Å². The van der Waals surface area contributed by atoms with Crippen molar-refractivity contribution >= 4 is 54.6 Å². The average Bonchev–Trinajstić information content (AvgIpc) is 3.72. The molecule has 232 valence electrons. The summed E-state index contributed by atoms with van der Waals surface area (Å²) < 4.78 is 12.5. The minimum absolute atomic E-state index is 0.584. The minimum Gasteiger partial charge on any atom is -0.456 e. The molecule has 0 spiro atoms. The molecule has 5 nitrogen and oxygen atoms in total. The van der Waals surface area contributed by atoms with Crippen molar-refractivity contribution in [3.05, 3.63) is 164 Å². The Labute approximate surface area is 282 Å². The van der Waals surface area contributed by atoms with Crippen molar-refractivity contribution in [1.82, 2.24) is 15.0 Å². The molecule has 49 heavy (non-hydrogen) atoms. The number of para-hydroxylation sites is 2. The number of hydrogen-bond acceptors (Lipinski definition) is 5. The number of hydrogen-bond donors (Lipinski definition) is 0. The number of fused-ring (bicyclic) bond motifs is 7. The molecule has 0 bridgehead atoms. The SMILES string of the molecule is C=C/C=C\C=C/Cc1ccc2oc3ccccc3c2c1-c1nc(-c2ccc3ccccc3c2)nc(-c2ccc3oc4ccccc4c3c2)n1. The van der Waals surface area contributed by atoms with Gasteiger partial charge >= 0.3 is 0 Å². The first kappa shape index (κ1) is 28.6. The van der Waals surface area contributed by atoms with Gasteiger partial charge in [0.1, 0.15) is 22.3 Å². The lowest BCUT2D eigenvalue weighted by molar-refractivity contribution is 0.668. The van der Waals surface area contributed by atoms with Crippen molar-refractivity contribution in [2.75, 3.05) is 0 Å². The molecule has 6 aromatic carbocycles. The van der Waals surface area contributed by atoms with Crippen LogP contribution in [0.25, 0.3) is 88.8 Å². The second-order valence-corrected chi connectivity index (χ2v) is 12.0. The van der Waals surface area contributed by atoms with Crippen LogP contribution in [0.4, 0.5) is 0 Å². The van der Waals surface area contributed by atoms with Gasteiger partial charge in [-0.05, 0) is 65.2 Å². The zero-order valence-electron chi connectivity index (χ0n) is 26.5. The molecule has 0 radical (unpaired) electrons. The third-order valence-electron chi connectivity index (χ3n) is 8.96. The summed E-state index contributed by atoms with van der Waals surface area (Å²) in [5.41, 5.74) is 7.09. The average molecular weight is 632 g/mol. The number of nitrogens with zero attached hydrogens (tertiary/aromatic N) is 3. The van der Waals surface area contributed by atoms with Crippen LogP contribution in [0.3, 0.4) is 0 Å². The fraction of sp³-hybridized carbons (Fsp3) is 0.0227. The Morgan fingerprint density at radius 3 is 1.98 bits per heavy atom. The van der Waals surface area contributed by atoms with Gasteiger partial charge in [-0.3, -0.25) is 0 Å². The van der Waals surface area contributed by atoms with E-state index < -0.39 is 0 Å². The van der Waals surface area contributed by atoms with Crippen LogP contribution in [0.15, 0.2) is 167 Å². The van der Waals surface area contributed by atoms with Crippen LogP contribution in [0.1, 0.15) is 5.56 Å². The van der Waals surface area contributed by atoms with Crippen molar-refractivity contribution in [3.8, 4) is 34.2 Å². The quantitative estimate of drug-likeness (QED) is 0.164. The highest BCUT2D eigenvalue weighted by atomic mass is 16.3. The highest BCUT2D eigenvalue weighted by Crippen LogP contribution is 2.40. The van der Waals surface area contributed by atoms with Crippen LogP contribution < -0.4 is 0 Å². The van der Waals surface area contributed by atoms with Crippen LogP contribution in [-0.2, 0) is 6.42 Å². The van der Waals surface area contributed by atoms with Gasteiger partial charge in [0.2, 0.25) is 0 Å². The van der Waals surface area contributed by atoms with Gasteiger partial charge in [-0.2, -0.15) is 0 Å². The Morgan fingerprint density at radius 1 is 0.510 bits per heavy atom. The van der Waals surface area contributed by atoms with Gasteiger partial charge in [-0.1, -0.05) is 116 Å². The predicted molar refractivity (Wildman–Crippen MR) is 200 cm³/mol. The molecule has 0 atom stereocenters. The van der Waals surface area contributed by atoms with Crippen molar-refractivity contribution < 1.29 is 8.83 Å². The van der Waals surface area contributed by atoms with Crippen molar-refractivity contribution in [2.24, 2.45) is 0 Å². The Morgan fingerprint density at radius 2 is 1.14 bits per heavy atom. The monoisotopic (exact) mass is 631 g/mol. The van der Waals surface area contributed by atoms with E-state index in [1.165, 1.54) is 0 Å². The predicted octanol–water partition coefficient (Wildman–Crippen LogP) is 11.7. The molecule has 9 rings (SSSR count).